The highest BCUT2D eigenvalue weighted by Crippen LogP contribution is 2.31. The summed E-state index contributed by atoms with van der Waals surface area (Å²) >= 11 is 0. The van der Waals surface area contributed by atoms with Crippen LogP contribution in [0.15, 0.2) is 0 Å². The number of hydrogen-bond donors (Lipinski definition) is 0. The molecule has 2 nitrogen and oxygen atoms in total. The van der Waals surface area contributed by atoms with Crippen molar-refractivity contribution in [3.8, 4) is 0 Å². The van der Waals surface area contributed by atoms with E-state index in [0.29, 0.717) is 0 Å². The van der Waals surface area contributed by atoms with E-state index in [1.807, 2.05) is 0 Å². The molecule has 1 aliphatic carbocycles. The lowest BCUT2D eigenvalue weighted by atomic mass is 9.78. The summed E-state index contributed by atoms with van der Waals surface area (Å²) in [7, 11) is 0. The second-order valence-corrected chi connectivity index (χ2v) is 4.81. The van der Waals surface area contributed by atoms with E-state index in [4.69, 9.17) is 4.74 Å². The molecule has 17 heavy (non-hydrogen) atoms. The fraction of sp³-hybridized carbons (Fsp3) is 0.923. The first-order valence-electron chi connectivity index (χ1n) is 6.52. The van der Waals surface area contributed by atoms with E-state index in [1.165, 1.54) is 6.42 Å². The van der Waals surface area contributed by atoms with E-state index in [2.05, 4.69) is 6.92 Å². The van der Waals surface area contributed by atoms with E-state index in [0.717, 1.165) is 31.6 Å². The zero-order chi connectivity index (χ0) is 12.7. The number of halogens is 2. The van der Waals surface area contributed by atoms with Crippen molar-refractivity contribution in [2.75, 3.05) is 13.2 Å². The van der Waals surface area contributed by atoms with Crippen LogP contribution in [0.25, 0.3) is 0 Å². The molecule has 1 rings (SSSR count). The van der Waals surface area contributed by atoms with Crippen LogP contribution in [0.1, 0.15) is 45.4 Å². The number of Topliss-reactive ketones (excluding diaryl/α,β-unsaturated/α-hetero) is 1. The molecule has 1 aliphatic rings. The Bertz CT molecular complexity index is 223. The standard InChI is InChI=1S/C13H22F2O2/c1-2-10-3-5-11(6-4-10)12(16)7-8-17-9-13(14)15/h10-11,13H,2-9H2,1H3. The first kappa shape index (κ1) is 14.6. The minimum absolute atomic E-state index is 0.136. The van der Waals surface area contributed by atoms with E-state index in [9.17, 15) is 13.6 Å². The van der Waals surface area contributed by atoms with Crippen LogP contribution in [0.3, 0.4) is 0 Å². The highest BCUT2D eigenvalue weighted by molar-refractivity contribution is 5.81. The smallest absolute Gasteiger partial charge is 0.261 e. The molecule has 0 radical (unpaired) electrons. The predicted octanol–water partition coefficient (Wildman–Crippen LogP) is 3.44. The lowest BCUT2D eigenvalue weighted by Crippen LogP contribution is -2.23. The third kappa shape index (κ3) is 5.57. The zero-order valence-electron chi connectivity index (χ0n) is 10.5. The van der Waals surface area contributed by atoms with Gasteiger partial charge in [-0.05, 0) is 31.6 Å². The monoisotopic (exact) mass is 248 g/mol. The van der Waals surface area contributed by atoms with E-state index >= 15 is 0 Å². The molecule has 4 heteroatoms. The topological polar surface area (TPSA) is 26.3 Å². The summed E-state index contributed by atoms with van der Waals surface area (Å²) in [5.74, 6) is 1.11. The van der Waals surface area contributed by atoms with Crippen LogP contribution in [-0.4, -0.2) is 25.4 Å². The van der Waals surface area contributed by atoms with Crippen molar-refractivity contribution in [2.45, 2.75) is 51.9 Å². The van der Waals surface area contributed by atoms with Crippen LogP contribution in [-0.2, 0) is 9.53 Å². The summed E-state index contributed by atoms with van der Waals surface area (Å²) in [5.41, 5.74) is 0. The van der Waals surface area contributed by atoms with Gasteiger partial charge in [-0.2, -0.15) is 0 Å². The number of ketones is 1. The molecule has 0 aromatic rings. The quantitative estimate of drug-likeness (QED) is 0.645. The van der Waals surface area contributed by atoms with E-state index < -0.39 is 13.0 Å². The summed E-state index contributed by atoms with van der Waals surface area (Å²) in [6, 6.07) is 0. The van der Waals surface area contributed by atoms with Gasteiger partial charge < -0.3 is 4.74 Å². The average Bonchev–Trinajstić information content (AvgIpc) is 2.34. The van der Waals surface area contributed by atoms with Crippen LogP contribution in [0, 0.1) is 11.8 Å². The van der Waals surface area contributed by atoms with Crippen molar-refractivity contribution in [2.24, 2.45) is 11.8 Å². The molecule has 0 aromatic carbocycles. The predicted molar refractivity (Wildman–Crippen MR) is 62.2 cm³/mol. The molecule has 0 spiro atoms. The van der Waals surface area contributed by atoms with Crippen molar-refractivity contribution < 1.29 is 18.3 Å². The Labute approximate surface area is 102 Å². The lowest BCUT2D eigenvalue weighted by molar-refractivity contribution is -0.125. The van der Waals surface area contributed by atoms with Gasteiger partial charge in [0.05, 0.1) is 6.61 Å². The molecule has 1 fully saturated rings. The third-order valence-electron chi connectivity index (χ3n) is 3.62. The van der Waals surface area contributed by atoms with E-state index in [-0.39, 0.29) is 24.7 Å². The normalized spacial score (nSPS) is 25.2. The van der Waals surface area contributed by atoms with Gasteiger partial charge >= 0.3 is 0 Å². The summed E-state index contributed by atoms with van der Waals surface area (Å²) < 4.78 is 28.3. The summed E-state index contributed by atoms with van der Waals surface area (Å²) in [4.78, 5) is 11.8. The number of ether oxygens (including phenoxy) is 1. The van der Waals surface area contributed by atoms with Crippen molar-refractivity contribution in [1.82, 2.24) is 0 Å². The molecule has 0 N–H and O–H groups in total. The van der Waals surface area contributed by atoms with Gasteiger partial charge in [-0.15, -0.1) is 0 Å². The molecule has 0 aromatic heterocycles. The fourth-order valence-corrected chi connectivity index (χ4v) is 2.44. The van der Waals surface area contributed by atoms with Gasteiger partial charge in [0, 0.05) is 12.3 Å². The second-order valence-electron chi connectivity index (χ2n) is 4.81. The maximum absolute atomic E-state index is 11.8. The molecular formula is C13H22F2O2. The molecule has 0 unspecified atom stereocenters. The maximum atomic E-state index is 11.8. The number of carbonyl (C=O) groups excluding carboxylic acids is 1. The minimum atomic E-state index is -2.44. The van der Waals surface area contributed by atoms with E-state index in [1.54, 1.807) is 0 Å². The molecule has 0 bridgehead atoms. The fourth-order valence-electron chi connectivity index (χ4n) is 2.44. The molecule has 0 heterocycles. The summed E-state index contributed by atoms with van der Waals surface area (Å²) in [6.07, 6.45) is 3.23. The van der Waals surface area contributed by atoms with Crippen molar-refractivity contribution in [3.05, 3.63) is 0 Å². The minimum Gasteiger partial charge on any atom is -0.375 e. The number of hydrogen-bond acceptors (Lipinski definition) is 2. The Kier molecular flexibility index (Phi) is 6.63. The Morgan fingerprint density at radius 3 is 2.47 bits per heavy atom. The van der Waals surface area contributed by atoms with Crippen LogP contribution in [0.5, 0.6) is 0 Å². The molecule has 0 amide bonds. The van der Waals surface area contributed by atoms with Gasteiger partial charge in [-0.25, -0.2) is 8.78 Å². The second kappa shape index (κ2) is 7.75. The summed E-state index contributed by atoms with van der Waals surface area (Å²) in [6.45, 7) is 1.76. The summed E-state index contributed by atoms with van der Waals surface area (Å²) in [5, 5.41) is 0. The number of alkyl halides is 2. The van der Waals surface area contributed by atoms with Crippen LogP contribution < -0.4 is 0 Å². The molecule has 0 saturated heterocycles. The molecule has 0 atom stereocenters. The molecule has 100 valence electrons. The van der Waals surface area contributed by atoms with Gasteiger partial charge in [0.2, 0.25) is 0 Å². The number of rotatable bonds is 7. The highest BCUT2D eigenvalue weighted by Gasteiger charge is 2.24. The van der Waals surface area contributed by atoms with Gasteiger partial charge in [-0.1, -0.05) is 13.3 Å². The van der Waals surface area contributed by atoms with Crippen LogP contribution in [0.4, 0.5) is 8.78 Å². The van der Waals surface area contributed by atoms with Gasteiger partial charge in [0.25, 0.3) is 6.43 Å². The zero-order valence-corrected chi connectivity index (χ0v) is 10.5. The Morgan fingerprint density at radius 1 is 1.29 bits per heavy atom. The molecule has 1 saturated carbocycles. The van der Waals surface area contributed by atoms with Gasteiger partial charge in [0.15, 0.2) is 0 Å². The lowest BCUT2D eigenvalue weighted by Gasteiger charge is -2.26. The maximum Gasteiger partial charge on any atom is 0.261 e. The third-order valence-corrected chi connectivity index (χ3v) is 3.62. The molecule has 0 aliphatic heterocycles. The Hall–Kier alpha value is -0.510. The molecular weight excluding hydrogens is 226 g/mol. The van der Waals surface area contributed by atoms with Gasteiger partial charge in [-0.3, -0.25) is 4.79 Å². The van der Waals surface area contributed by atoms with Crippen LogP contribution >= 0.6 is 0 Å². The van der Waals surface area contributed by atoms with Gasteiger partial charge in [0.1, 0.15) is 12.4 Å². The largest absolute Gasteiger partial charge is 0.375 e. The van der Waals surface area contributed by atoms with Crippen molar-refractivity contribution in [1.29, 1.82) is 0 Å². The Morgan fingerprint density at radius 2 is 1.94 bits per heavy atom. The SMILES string of the molecule is CCC1CCC(C(=O)CCOCC(F)F)CC1. The first-order chi connectivity index (χ1) is 8.13. The Balaban J connectivity index is 2.12. The number of carbonyl (C=O) groups is 1. The van der Waals surface area contributed by atoms with Crippen molar-refractivity contribution in [3.63, 3.8) is 0 Å². The van der Waals surface area contributed by atoms with Crippen LogP contribution in [0.2, 0.25) is 0 Å². The average molecular weight is 248 g/mol. The highest BCUT2D eigenvalue weighted by atomic mass is 19.3. The van der Waals surface area contributed by atoms with Crippen molar-refractivity contribution >= 4 is 5.78 Å². The first-order valence-corrected chi connectivity index (χ1v) is 6.52.